The van der Waals surface area contributed by atoms with Crippen molar-refractivity contribution < 1.29 is 19.9 Å². The predicted molar refractivity (Wildman–Crippen MR) is 70.9 cm³/mol. The fourth-order valence-electron chi connectivity index (χ4n) is 1.67. The molecule has 0 aliphatic rings. The van der Waals surface area contributed by atoms with E-state index < -0.39 is 29.7 Å². The Hall–Kier alpha value is -2.68. The molecule has 0 saturated carbocycles. The molecule has 21 heavy (non-hydrogen) atoms. The number of hydrogen-bond acceptors (Lipinski definition) is 6. The second-order valence-corrected chi connectivity index (χ2v) is 4.08. The lowest BCUT2D eigenvalue weighted by molar-refractivity contribution is -0.384. The molecule has 0 heterocycles. The van der Waals surface area contributed by atoms with E-state index in [1.807, 2.05) is 0 Å². The number of hydrogen-bond donors (Lipinski definition) is 3. The highest BCUT2D eigenvalue weighted by Gasteiger charge is 2.30. The van der Waals surface area contributed by atoms with E-state index >= 15 is 0 Å². The fourth-order valence-corrected chi connectivity index (χ4v) is 1.67. The highest BCUT2D eigenvalue weighted by molar-refractivity contribution is 5.79. The van der Waals surface area contributed by atoms with E-state index in [1.54, 1.807) is 0 Å². The number of nitro groups is 1. The number of nitrogens with zero attached hydrogens (tertiary/aromatic N) is 4. The van der Waals surface area contributed by atoms with Gasteiger partial charge in [0.05, 0.1) is 4.92 Å². The number of carbonyl (C=O) groups is 1. The average molecular weight is 295 g/mol. The highest BCUT2D eigenvalue weighted by Crippen LogP contribution is 2.24. The minimum Gasteiger partial charge on any atom is -0.396 e. The van der Waals surface area contributed by atoms with E-state index in [9.17, 15) is 20.0 Å². The van der Waals surface area contributed by atoms with Gasteiger partial charge in [-0.2, -0.15) is 0 Å². The molecule has 1 rings (SSSR count). The lowest BCUT2D eigenvalue weighted by Gasteiger charge is -2.29. The zero-order valence-corrected chi connectivity index (χ0v) is 10.8. The first-order chi connectivity index (χ1) is 9.92. The molecule has 112 valence electrons. The Kier molecular flexibility index (Phi) is 5.61. The van der Waals surface area contributed by atoms with Crippen molar-refractivity contribution in [2.45, 2.75) is 12.1 Å². The Morgan fingerprint density at radius 2 is 2.10 bits per heavy atom. The molecule has 0 bridgehead atoms. The number of aliphatic hydroxyl groups is 2. The topological polar surface area (TPSA) is 161 Å². The zero-order valence-electron chi connectivity index (χ0n) is 10.8. The van der Waals surface area contributed by atoms with Gasteiger partial charge in [-0.25, -0.2) is 0 Å². The van der Waals surface area contributed by atoms with E-state index in [0.29, 0.717) is 0 Å². The molecule has 10 heteroatoms. The Morgan fingerprint density at radius 3 is 2.57 bits per heavy atom. The summed E-state index contributed by atoms with van der Waals surface area (Å²) >= 11 is 0. The van der Waals surface area contributed by atoms with Crippen molar-refractivity contribution in [3.8, 4) is 0 Å². The first-order valence-corrected chi connectivity index (χ1v) is 5.83. The van der Waals surface area contributed by atoms with Gasteiger partial charge in [-0.3, -0.25) is 14.9 Å². The van der Waals surface area contributed by atoms with E-state index in [0.717, 1.165) is 12.1 Å². The monoisotopic (exact) mass is 295 g/mol. The molecule has 0 spiro atoms. The second kappa shape index (κ2) is 7.20. The van der Waals surface area contributed by atoms with Gasteiger partial charge in [-0.15, -0.1) is 0 Å². The van der Waals surface area contributed by atoms with Crippen LogP contribution in [0, 0.1) is 10.1 Å². The number of amides is 1. The molecular formula is C11H13N5O5. The van der Waals surface area contributed by atoms with Crippen molar-refractivity contribution in [3.05, 3.63) is 50.4 Å². The molecule has 1 aromatic rings. The number of azide groups is 1. The van der Waals surface area contributed by atoms with Gasteiger partial charge < -0.3 is 15.5 Å². The fraction of sp³-hybridized carbons (Fsp3) is 0.364. The summed E-state index contributed by atoms with van der Waals surface area (Å²) < 4.78 is 0. The number of non-ortho nitro benzene ring substituents is 1. The molecule has 0 fully saturated rings. The summed E-state index contributed by atoms with van der Waals surface area (Å²) in [5.41, 5.74) is 6.21. The molecule has 0 aliphatic carbocycles. The Balaban J connectivity index is 3.00. The highest BCUT2D eigenvalue weighted by atomic mass is 16.6. The van der Waals surface area contributed by atoms with Gasteiger partial charge in [0.15, 0.2) is 5.72 Å². The largest absolute Gasteiger partial charge is 0.396 e. The van der Waals surface area contributed by atoms with Gasteiger partial charge in [0.2, 0.25) is 5.91 Å². The maximum absolute atomic E-state index is 11.5. The minimum atomic E-state index is -1.91. The third-order valence-electron chi connectivity index (χ3n) is 2.65. The van der Waals surface area contributed by atoms with Crippen LogP contribution in [0.3, 0.4) is 0 Å². The van der Waals surface area contributed by atoms with Crippen LogP contribution in [0.15, 0.2) is 29.4 Å². The summed E-state index contributed by atoms with van der Waals surface area (Å²) in [6.07, 6.45) is -0.229. The lowest BCUT2D eigenvalue weighted by Crippen LogP contribution is -2.47. The smallest absolute Gasteiger partial charge is 0.269 e. The number of carbonyl (C=O) groups excluding carboxylic acids is 1. The predicted octanol–water partition coefficient (Wildman–Crippen LogP) is 0.549. The van der Waals surface area contributed by atoms with Crippen LogP contribution >= 0.6 is 0 Å². The molecule has 1 unspecified atom stereocenters. The minimum absolute atomic E-state index is 0.163. The van der Waals surface area contributed by atoms with Gasteiger partial charge in [-0.1, -0.05) is 5.11 Å². The molecule has 0 aliphatic heterocycles. The average Bonchev–Trinajstić information content (AvgIpc) is 2.45. The Labute approximate surface area is 118 Å². The molecule has 0 saturated heterocycles. The van der Waals surface area contributed by atoms with Crippen LogP contribution in [-0.4, -0.2) is 34.2 Å². The maximum Gasteiger partial charge on any atom is 0.269 e. The zero-order chi connectivity index (χ0) is 15.9. The van der Waals surface area contributed by atoms with Crippen molar-refractivity contribution in [3.63, 3.8) is 0 Å². The Bertz CT molecular complexity index is 569. The third kappa shape index (κ3) is 4.42. The number of aliphatic hydroxyl groups excluding tert-OH is 1. The van der Waals surface area contributed by atoms with Crippen molar-refractivity contribution in [2.24, 2.45) is 5.11 Å². The number of rotatable bonds is 7. The maximum atomic E-state index is 11.5. The standard InChI is InChI=1S/C11H13N5O5/c12-15-13-7-10(18)14-11(19,5-6-17)8-1-3-9(4-2-8)16(20)21/h1-4,17,19H,5-7H2,(H,14,18). The molecular weight excluding hydrogens is 282 g/mol. The van der Waals surface area contributed by atoms with Crippen LogP contribution in [0.4, 0.5) is 5.69 Å². The van der Waals surface area contributed by atoms with Gasteiger partial charge in [0.25, 0.3) is 5.69 Å². The summed E-state index contributed by atoms with van der Waals surface area (Å²) in [6.45, 7) is -0.952. The first-order valence-electron chi connectivity index (χ1n) is 5.83. The van der Waals surface area contributed by atoms with Gasteiger partial charge >= 0.3 is 0 Å². The Morgan fingerprint density at radius 1 is 1.48 bits per heavy atom. The van der Waals surface area contributed by atoms with Crippen molar-refractivity contribution in [1.29, 1.82) is 0 Å². The molecule has 1 amide bonds. The number of nitrogens with one attached hydrogen (secondary N) is 1. The normalized spacial score (nSPS) is 12.9. The number of nitro benzene ring substituents is 1. The van der Waals surface area contributed by atoms with Crippen LogP contribution < -0.4 is 5.32 Å². The van der Waals surface area contributed by atoms with Crippen molar-refractivity contribution in [1.82, 2.24) is 5.32 Å². The van der Waals surface area contributed by atoms with Crippen LogP contribution in [0.25, 0.3) is 10.4 Å². The first kappa shape index (κ1) is 16.4. The van der Waals surface area contributed by atoms with Gasteiger partial charge in [-0.05, 0) is 17.7 Å². The quantitative estimate of drug-likeness (QED) is 0.167. The molecule has 1 aromatic carbocycles. The van der Waals surface area contributed by atoms with E-state index in [1.165, 1.54) is 12.1 Å². The van der Waals surface area contributed by atoms with Crippen molar-refractivity contribution in [2.75, 3.05) is 13.2 Å². The molecule has 0 radical (unpaired) electrons. The third-order valence-corrected chi connectivity index (χ3v) is 2.65. The van der Waals surface area contributed by atoms with Gasteiger partial charge in [0.1, 0.15) is 6.54 Å². The van der Waals surface area contributed by atoms with E-state index in [4.69, 9.17) is 10.6 Å². The molecule has 0 aromatic heterocycles. The summed E-state index contributed by atoms with van der Waals surface area (Å²) in [5, 5.41) is 35.2. The van der Waals surface area contributed by atoms with Crippen LogP contribution in [0.1, 0.15) is 12.0 Å². The van der Waals surface area contributed by atoms with Crippen molar-refractivity contribution >= 4 is 11.6 Å². The van der Waals surface area contributed by atoms with Crippen LogP contribution in [0.5, 0.6) is 0 Å². The van der Waals surface area contributed by atoms with Crippen LogP contribution in [-0.2, 0) is 10.5 Å². The molecule has 10 nitrogen and oxygen atoms in total. The van der Waals surface area contributed by atoms with E-state index in [2.05, 4.69) is 15.3 Å². The van der Waals surface area contributed by atoms with Crippen LogP contribution in [0.2, 0.25) is 0 Å². The summed E-state index contributed by atoms with van der Waals surface area (Å²) in [6, 6.07) is 4.86. The summed E-state index contributed by atoms with van der Waals surface area (Å²) in [5.74, 6) is -0.748. The molecule has 1 atom stereocenters. The van der Waals surface area contributed by atoms with E-state index in [-0.39, 0.29) is 17.7 Å². The molecule has 3 N–H and O–H groups in total. The summed E-state index contributed by atoms with van der Waals surface area (Å²) in [7, 11) is 0. The SMILES string of the molecule is [N-]=[N+]=NCC(=O)NC(O)(CCO)c1ccc([N+](=O)[O-])cc1. The lowest BCUT2D eigenvalue weighted by atomic mass is 9.99. The van der Waals surface area contributed by atoms with Gasteiger partial charge in [0, 0.05) is 35.6 Å². The second-order valence-electron chi connectivity index (χ2n) is 4.08. The number of benzene rings is 1. The summed E-state index contributed by atoms with van der Waals surface area (Å²) in [4.78, 5) is 23.9.